The van der Waals surface area contributed by atoms with E-state index in [1.807, 2.05) is 0 Å². The number of rotatable bonds is 2. The fourth-order valence-electron chi connectivity index (χ4n) is 2.67. The molecule has 3 heterocycles. The van der Waals surface area contributed by atoms with Gasteiger partial charge in [-0.25, -0.2) is 0 Å². The molecule has 0 spiro atoms. The van der Waals surface area contributed by atoms with Crippen molar-refractivity contribution >= 4 is 29.1 Å². The highest BCUT2D eigenvalue weighted by molar-refractivity contribution is 6.33. The van der Waals surface area contributed by atoms with Crippen molar-refractivity contribution in [2.24, 2.45) is 0 Å². The fourth-order valence-corrected chi connectivity index (χ4v) is 2.98. The van der Waals surface area contributed by atoms with E-state index >= 15 is 0 Å². The molecule has 116 valence electrons. The molecule has 0 aliphatic carbocycles. The lowest BCUT2D eigenvalue weighted by Gasteiger charge is -2.27. The number of nitrogens with zero attached hydrogens (tertiary/aromatic N) is 4. The number of hydrogen-bond acceptors (Lipinski definition) is 9. The summed E-state index contributed by atoms with van der Waals surface area (Å²) in [6, 6.07) is 0. The molecule has 5 N–H and O–H groups in total. The first-order chi connectivity index (χ1) is 9.93. The molecule has 2 aliphatic heterocycles. The van der Waals surface area contributed by atoms with E-state index in [9.17, 15) is 10.2 Å². The lowest BCUT2D eigenvalue weighted by molar-refractivity contribution is -0.0221. The van der Waals surface area contributed by atoms with E-state index in [-0.39, 0.29) is 11.1 Å². The molecule has 1 aromatic rings. The molecule has 4 atom stereocenters. The fraction of sp³-hybridized carbons (Fsp3) is 0.636. The average Bonchev–Trinajstić information content (AvgIpc) is 2.89. The Balaban J connectivity index is 1.97. The Morgan fingerprint density at radius 3 is 2.71 bits per heavy atom. The molecule has 3 rings (SSSR count). The zero-order valence-corrected chi connectivity index (χ0v) is 12.0. The Kier molecular flexibility index (Phi) is 3.54. The number of aliphatic hydroxyl groups is 3. The first-order valence-corrected chi connectivity index (χ1v) is 6.75. The van der Waals surface area contributed by atoms with E-state index in [1.165, 1.54) is 0 Å². The number of nitrogen functional groups attached to an aromatic ring is 1. The third kappa shape index (κ3) is 2.17. The first kappa shape index (κ1) is 14.5. The number of halogens is 1. The molecule has 1 saturated heterocycles. The highest BCUT2D eigenvalue weighted by Gasteiger charge is 2.48. The maximum atomic E-state index is 10.1. The van der Waals surface area contributed by atoms with Crippen LogP contribution in [0.25, 0.3) is 0 Å². The number of ether oxygens (including phenoxy) is 1. The van der Waals surface area contributed by atoms with Gasteiger partial charge in [-0.1, -0.05) is 11.6 Å². The average molecular weight is 318 g/mol. The number of hydrogen-bond donors (Lipinski definition) is 4. The lowest BCUT2D eigenvalue weighted by Crippen LogP contribution is -2.45. The van der Waals surface area contributed by atoms with Crippen molar-refractivity contribution < 1.29 is 20.1 Å². The second-order valence-corrected chi connectivity index (χ2v) is 5.44. The molecular weight excluding hydrogens is 302 g/mol. The van der Waals surface area contributed by atoms with Gasteiger partial charge in [-0.05, 0) is 0 Å². The number of fused-ring (bicyclic) bond motifs is 1. The highest BCUT2D eigenvalue weighted by Crippen LogP contribution is 2.41. The number of aliphatic hydroxyl groups excluding tert-OH is 3. The van der Waals surface area contributed by atoms with Crippen LogP contribution >= 0.6 is 11.6 Å². The third-order valence-corrected chi connectivity index (χ3v) is 3.95. The summed E-state index contributed by atoms with van der Waals surface area (Å²) in [5, 5.41) is 29.3. The van der Waals surface area contributed by atoms with Crippen molar-refractivity contribution in [3.05, 3.63) is 5.15 Å². The number of anilines is 3. The van der Waals surface area contributed by atoms with Gasteiger partial charge in [0, 0.05) is 7.05 Å². The van der Waals surface area contributed by atoms with Crippen molar-refractivity contribution in [1.82, 2.24) is 9.97 Å². The van der Waals surface area contributed by atoms with Crippen LogP contribution in [-0.4, -0.2) is 70.2 Å². The Bertz CT molecular complexity index is 562. The van der Waals surface area contributed by atoms with Crippen molar-refractivity contribution in [2.75, 3.05) is 35.9 Å². The predicted molar refractivity (Wildman–Crippen MR) is 75.0 cm³/mol. The molecule has 1 fully saturated rings. The van der Waals surface area contributed by atoms with Gasteiger partial charge < -0.3 is 35.6 Å². The van der Waals surface area contributed by atoms with Gasteiger partial charge in [0.05, 0.1) is 13.3 Å². The Labute approximate surface area is 125 Å². The Hall–Kier alpha value is -1.39. The standard InChI is InChI=1S/C11H16ClN5O4/c1-16-3-17(9-5(16)8(12)14-11(13)15-9)10-7(20)6(19)4(2-18)21-10/h4,6-7,10,18-20H,2-3H2,1H3,(H2,13,14,15)/t4-,6-,7-,10-/m1/s1. The van der Waals surface area contributed by atoms with E-state index in [0.717, 1.165) is 0 Å². The maximum Gasteiger partial charge on any atom is 0.223 e. The summed E-state index contributed by atoms with van der Waals surface area (Å²) in [5.74, 6) is 0.427. The van der Waals surface area contributed by atoms with Crippen molar-refractivity contribution in [2.45, 2.75) is 24.5 Å². The zero-order chi connectivity index (χ0) is 15.3. The van der Waals surface area contributed by atoms with Crippen molar-refractivity contribution in [3.8, 4) is 0 Å². The molecule has 0 saturated carbocycles. The molecule has 2 aliphatic rings. The molecule has 0 unspecified atom stereocenters. The van der Waals surface area contributed by atoms with Gasteiger partial charge in [0.25, 0.3) is 0 Å². The van der Waals surface area contributed by atoms with Crippen LogP contribution in [-0.2, 0) is 4.74 Å². The normalized spacial score (nSPS) is 31.9. The summed E-state index contributed by atoms with van der Waals surface area (Å²) in [7, 11) is 1.78. The van der Waals surface area contributed by atoms with Crippen LogP contribution < -0.4 is 15.5 Å². The zero-order valence-electron chi connectivity index (χ0n) is 11.2. The van der Waals surface area contributed by atoms with Gasteiger partial charge in [-0.15, -0.1) is 0 Å². The summed E-state index contributed by atoms with van der Waals surface area (Å²) < 4.78 is 5.51. The smallest absolute Gasteiger partial charge is 0.223 e. The molecule has 1 aromatic heterocycles. The molecule has 10 heteroatoms. The molecule has 0 bridgehead atoms. The number of aromatic nitrogens is 2. The van der Waals surface area contributed by atoms with Crippen LogP contribution in [0.3, 0.4) is 0 Å². The van der Waals surface area contributed by atoms with Crippen molar-refractivity contribution in [3.63, 3.8) is 0 Å². The van der Waals surface area contributed by atoms with Gasteiger partial charge in [-0.2, -0.15) is 9.97 Å². The SMILES string of the molecule is CN1CN([C@@H]2O[C@H](CO)[C@@H](O)[C@H]2O)c2nc(N)nc(Cl)c21. The third-order valence-electron chi connectivity index (χ3n) is 3.68. The van der Waals surface area contributed by atoms with Crippen LogP contribution in [0.2, 0.25) is 5.15 Å². The summed E-state index contributed by atoms with van der Waals surface area (Å²) in [5.41, 5.74) is 6.18. The van der Waals surface area contributed by atoms with Crippen molar-refractivity contribution in [1.29, 1.82) is 0 Å². The first-order valence-electron chi connectivity index (χ1n) is 6.37. The minimum atomic E-state index is -1.18. The minimum Gasteiger partial charge on any atom is -0.394 e. The van der Waals surface area contributed by atoms with E-state index in [1.54, 1.807) is 16.8 Å². The second kappa shape index (κ2) is 5.11. The van der Waals surface area contributed by atoms with Crippen LogP contribution in [0.15, 0.2) is 0 Å². The van der Waals surface area contributed by atoms with Gasteiger partial charge >= 0.3 is 0 Å². The van der Waals surface area contributed by atoms with Crippen LogP contribution in [0.4, 0.5) is 17.5 Å². The topological polar surface area (TPSA) is 128 Å². The monoisotopic (exact) mass is 317 g/mol. The molecule has 0 radical (unpaired) electrons. The second-order valence-electron chi connectivity index (χ2n) is 5.08. The highest BCUT2D eigenvalue weighted by atomic mass is 35.5. The largest absolute Gasteiger partial charge is 0.394 e. The maximum absolute atomic E-state index is 10.1. The molecular formula is C11H16ClN5O4. The summed E-state index contributed by atoms with van der Waals surface area (Å²) in [6.45, 7) is -0.0578. The van der Waals surface area contributed by atoms with Crippen LogP contribution in [0.5, 0.6) is 0 Å². The van der Waals surface area contributed by atoms with E-state index in [4.69, 9.17) is 27.2 Å². The molecule has 9 nitrogen and oxygen atoms in total. The lowest BCUT2D eigenvalue weighted by atomic mass is 10.1. The number of nitrogens with two attached hydrogens (primary N) is 1. The van der Waals surface area contributed by atoms with E-state index in [2.05, 4.69) is 9.97 Å². The summed E-state index contributed by atoms with van der Waals surface area (Å²) in [4.78, 5) is 11.4. The molecule has 0 amide bonds. The van der Waals surface area contributed by atoms with Gasteiger partial charge in [-0.3, -0.25) is 0 Å². The van der Waals surface area contributed by atoms with E-state index < -0.39 is 31.1 Å². The van der Waals surface area contributed by atoms with Gasteiger partial charge in [0.1, 0.15) is 24.0 Å². The molecule has 21 heavy (non-hydrogen) atoms. The van der Waals surface area contributed by atoms with Crippen LogP contribution in [0, 0.1) is 0 Å². The van der Waals surface area contributed by atoms with Gasteiger partial charge in [0.2, 0.25) is 5.95 Å². The Morgan fingerprint density at radius 1 is 1.38 bits per heavy atom. The Morgan fingerprint density at radius 2 is 2.10 bits per heavy atom. The van der Waals surface area contributed by atoms with Gasteiger partial charge in [0.15, 0.2) is 17.2 Å². The van der Waals surface area contributed by atoms with E-state index in [0.29, 0.717) is 18.2 Å². The quantitative estimate of drug-likeness (QED) is 0.475. The molecule has 0 aromatic carbocycles. The summed E-state index contributed by atoms with van der Waals surface area (Å²) in [6.07, 6.45) is -4.07. The summed E-state index contributed by atoms with van der Waals surface area (Å²) >= 11 is 6.07. The minimum absolute atomic E-state index is 0.00536. The predicted octanol–water partition coefficient (Wildman–Crippen LogP) is -1.64. The van der Waals surface area contributed by atoms with Crippen LogP contribution in [0.1, 0.15) is 0 Å².